The molecule has 0 spiro atoms. The molecule has 1 aromatic heterocycles. The van der Waals surface area contributed by atoms with E-state index in [-0.39, 0.29) is 0 Å². The van der Waals surface area contributed by atoms with Crippen LogP contribution in [0.1, 0.15) is 26.7 Å². The van der Waals surface area contributed by atoms with Crippen molar-refractivity contribution in [3.8, 4) is 0 Å². The van der Waals surface area contributed by atoms with E-state index in [0.29, 0.717) is 12.0 Å². The van der Waals surface area contributed by atoms with Crippen LogP contribution in [0.2, 0.25) is 0 Å². The fourth-order valence-corrected chi connectivity index (χ4v) is 2.55. The van der Waals surface area contributed by atoms with E-state index in [1.165, 1.54) is 18.5 Å². The van der Waals surface area contributed by atoms with Crippen LogP contribution in [0.15, 0.2) is 24.5 Å². The van der Waals surface area contributed by atoms with Crippen molar-refractivity contribution in [3.63, 3.8) is 0 Å². The summed E-state index contributed by atoms with van der Waals surface area (Å²) in [7, 11) is 0. The van der Waals surface area contributed by atoms with Gasteiger partial charge in [0.2, 0.25) is 0 Å². The van der Waals surface area contributed by atoms with Crippen molar-refractivity contribution < 1.29 is 0 Å². The number of hydrogen-bond acceptors (Lipinski definition) is 3. The van der Waals surface area contributed by atoms with E-state index in [0.717, 1.165) is 19.6 Å². The minimum absolute atomic E-state index is 0.683. The van der Waals surface area contributed by atoms with Crippen LogP contribution in [0.25, 0.3) is 0 Å². The maximum Gasteiger partial charge on any atom is 0.0552 e. The first-order valence-corrected chi connectivity index (χ1v) is 6.69. The van der Waals surface area contributed by atoms with E-state index in [2.05, 4.69) is 35.1 Å². The van der Waals surface area contributed by atoms with Gasteiger partial charge in [-0.1, -0.05) is 13.8 Å². The van der Waals surface area contributed by atoms with Gasteiger partial charge in [0.1, 0.15) is 0 Å². The van der Waals surface area contributed by atoms with Gasteiger partial charge in [0.25, 0.3) is 0 Å². The monoisotopic (exact) mass is 233 g/mol. The predicted octanol–water partition coefficient (Wildman–Crippen LogP) is 2.30. The Morgan fingerprint density at radius 3 is 3.06 bits per heavy atom. The average Bonchev–Trinajstić information content (AvgIpc) is 2.38. The molecular weight excluding hydrogens is 210 g/mol. The molecule has 2 rings (SSSR count). The predicted molar refractivity (Wildman–Crippen MR) is 72.3 cm³/mol. The van der Waals surface area contributed by atoms with Gasteiger partial charge in [-0.2, -0.15) is 0 Å². The highest BCUT2D eigenvalue weighted by Gasteiger charge is 2.25. The zero-order valence-electron chi connectivity index (χ0n) is 10.9. The van der Waals surface area contributed by atoms with Gasteiger partial charge in [-0.25, -0.2) is 0 Å². The lowest BCUT2D eigenvalue weighted by molar-refractivity contribution is 0.322. The highest BCUT2D eigenvalue weighted by atomic mass is 15.2. The lowest BCUT2D eigenvalue weighted by atomic mass is 9.93. The molecule has 2 atom stereocenters. The maximum atomic E-state index is 4.20. The minimum atomic E-state index is 0.683. The van der Waals surface area contributed by atoms with Crippen molar-refractivity contribution in [3.05, 3.63) is 24.5 Å². The topological polar surface area (TPSA) is 28.2 Å². The number of aromatic nitrogens is 1. The van der Waals surface area contributed by atoms with Crippen molar-refractivity contribution in [1.29, 1.82) is 0 Å². The maximum absolute atomic E-state index is 4.20. The summed E-state index contributed by atoms with van der Waals surface area (Å²) >= 11 is 0. The highest BCUT2D eigenvalue weighted by molar-refractivity contribution is 5.44. The second kappa shape index (κ2) is 6.01. The Morgan fingerprint density at radius 2 is 2.41 bits per heavy atom. The lowest BCUT2D eigenvalue weighted by Crippen LogP contribution is -2.48. The van der Waals surface area contributed by atoms with Crippen molar-refractivity contribution in [2.75, 3.05) is 24.5 Å². The molecule has 1 aliphatic heterocycles. The van der Waals surface area contributed by atoms with Gasteiger partial charge < -0.3 is 10.2 Å². The molecule has 0 aliphatic carbocycles. The van der Waals surface area contributed by atoms with Gasteiger partial charge in [-0.3, -0.25) is 4.98 Å². The largest absolute Gasteiger partial charge is 0.370 e. The fraction of sp³-hybridized carbons (Fsp3) is 0.643. The van der Waals surface area contributed by atoms with E-state index in [4.69, 9.17) is 0 Å². The van der Waals surface area contributed by atoms with Crippen LogP contribution in [0, 0.1) is 5.92 Å². The second-order valence-electron chi connectivity index (χ2n) is 4.98. The van der Waals surface area contributed by atoms with Crippen LogP contribution < -0.4 is 10.2 Å². The van der Waals surface area contributed by atoms with E-state index in [1.54, 1.807) is 0 Å². The summed E-state index contributed by atoms with van der Waals surface area (Å²) in [5.74, 6) is 0.704. The molecule has 0 saturated carbocycles. The Hall–Kier alpha value is -1.09. The summed E-state index contributed by atoms with van der Waals surface area (Å²) in [6, 6.07) is 4.85. The van der Waals surface area contributed by atoms with Crippen molar-refractivity contribution in [1.82, 2.24) is 10.3 Å². The van der Waals surface area contributed by atoms with Crippen LogP contribution in [0.4, 0.5) is 5.69 Å². The zero-order valence-corrected chi connectivity index (χ0v) is 10.9. The Labute approximate surface area is 104 Å². The third-order valence-electron chi connectivity index (χ3n) is 3.57. The zero-order chi connectivity index (χ0) is 12.1. The molecule has 2 heterocycles. The number of hydrogen-bond donors (Lipinski definition) is 1. The third kappa shape index (κ3) is 3.19. The van der Waals surface area contributed by atoms with E-state index >= 15 is 0 Å². The van der Waals surface area contributed by atoms with E-state index in [9.17, 15) is 0 Å². The van der Waals surface area contributed by atoms with Crippen LogP contribution in [0.3, 0.4) is 0 Å². The molecule has 2 unspecified atom stereocenters. The van der Waals surface area contributed by atoms with Crippen LogP contribution >= 0.6 is 0 Å². The molecule has 1 N–H and O–H groups in total. The smallest absolute Gasteiger partial charge is 0.0552 e. The van der Waals surface area contributed by atoms with Gasteiger partial charge in [0, 0.05) is 25.3 Å². The quantitative estimate of drug-likeness (QED) is 0.865. The van der Waals surface area contributed by atoms with Crippen LogP contribution in [-0.4, -0.2) is 30.7 Å². The number of piperidine rings is 1. The van der Waals surface area contributed by atoms with Crippen molar-refractivity contribution in [2.24, 2.45) is 5.92 Å². The first-order chi connectivity index (χ1) is 8.31. The molecule has 17 heavy (non-hydrogen) atoms. The molecule has 3 nitrogen and oxygen atoms in total. The van der Waals surface area contributed by atoms with Gasteiger partial charge >= 0.3 is 0 Å². The summed E-state index contributed by atoms with van der Waals surface area (Å²) in [5, 5.41) is 3.65. The first-order valence-electron chi connectivity index (χ1n) is 6.69. The van der Waals surface area contributed by atoms with Gasteiger partial charge in [-0.15, -0.1) is 0 Å². The normalized spacial score (nSPS) is 24.9. The fourth-order valence-electron chi connectivity index (χ4n) is 2.55. The summed E-state index contributed by atoms with van der Waals surface area (Å²) in [5.41, 5.74) is 1.26. The average molecular weight is 233 g/mol. The Kier molecular flexibility index (Phi) is 4.37. The molecule has 1 aliphatic rings. The molecular formula is C14H23N3. The summed E-state index contributed by atoms with van der Waals surface area (Å²) in [6.45, 7) is 7.98. The van der Waals surface area contributed by atoms with Gasteiger partial charge in [-0.05, 0) is 37.4 Å². The minimum Gasteiger partial charge on any atom is -0.370 e. The van der Waals surface area contributed by atoms with E-state index < -0.39 is 0 Å². The SMILES string of the molecule is CCCNC1CCN(c2cccnc2)CC1C. The summed E-state index contributed by atoms with van der Waals surface area (Å²) in [4.78, 5) is 6.64. The molecule has 1 fully saturated rings. The highest BCUT2D eigenvalue weighted by Crippen LogP contribution is 2.22. The van der Waals surface area contributed by atoms with E-state index in [1.807, 2.05) is 18.5 Å². The van der Waals surface area contributed by atoms with Gasteiger partial charge in [0.15, 0.2) is 0 Å². The number of anilines is 1. The number of rotatable bonds is 4. The molecule has 0 aromatic carbocycles. The molecule has 0 amide bonds. The summed E-state index contributed by atoms with van der Waals surface area (Å²) < 4.78 is 0. The first kappa shape index (κ1) is 12.4. The Morgan fingerprint density at radius 1 is 1.53 bits per heavy atom. The molecule has 94 valence electrons. The van der Waals surface area contributed by atoms with Crippen molar-refractivity contribution >= 4 is 5.69 Å². The lowest BCUT2D eigenvalue weighted by Gasteiger charge is -2.38. The molecule has 0 radical (unpaired) electrons. The van der Waals surface area contributed by atoms with Crippen LogP contribution in [0.5, 0.6) is 0 Å². The molecule has 3 heteroatoms. The van der Waals surface area contributed by atoms with Crippen LogP contribution in [-0.2, 0) is 0 Å². The standard InChI is InChI=1S/C14H23N3/c1-3-7-16-14-6-9-17(11-12(14)2)13-5-4-8-15-10-13/h4-5,8,10,12,14,16H,3,6-7,9,11H2,1-2H3. The number of pyridine rings is 1. The number of nitrogens with one attached hydrogen (secondary N) is 1. The number of nitrogens with zero attached hydrogens (tertiary/aromatic N) is 2. The molecule has 0 bridgehead atoms. The van der Waals surface area contributed by atoms with Gasteiger partial charge in [0.05, 0.1) is 11.9 Å². The molecule has 1 saturated heterocycles. The Bertz CT molecular complexity index is 325. The Balaban J connectivity index is 1.91. The molecule has 1 aromatic rings. The van der Waals surface area contributed by atoms with Crippen molar-refractivity contribution in [2.45, 2.75) is 32.7 Å². The second-order valence-corrected chi connectivity index (χ2v) is 4.98. The third-order valence-corrected chi connectivity index (χ3v) is 3.57. The summed E-state index contributed by atoms with van der Waals surface area (Å²) in [6.07, 6.45) is 6.25.